The summed E-state index contributed by atoms with van der Waals surface area (Å²) in [6.07, 6.45) is 1.50. The molecule has 0 spiro atoms. The van der Waals surface area contributed by atoms with Gasteiger partial charge in [0, 0.05) is 30.3 Å². The van der Waals surface area contributed by atoms with Gasteiger partial charge in [0.2, 0.25) is 0 Å². The fourth-order valence-corrected chi connectivity index (χ4v) is 3.56. The molecular formula is C24H30N2O3. The van der Waals surface area contributed by atoms with Crippen LogP contribution in [0.1, 0.15) is 59.9 Å². The molecule has 0 unspecified atom stereocenters. The zero-order valence-electron chi connectivity index (χ0n) is 17.7. The van der Waals surface area contributed by atoms with E-state index >= 15 is 0 Å². The number of piperidine rings is 1. The van der Waals surface area contributed by atoms with Gasteiger partial charge < -0.3 is 15.0 Å². The lowest BCUT2D eigenvalue weighted by atomic mass is 9.86. The van der Waals surface area contributed by atoms with Gasteiger partial charge in [0.05, 0.1) is 7.11 Å². The Balaban J connectivity index is 1.54. The standard InChI is InChI=1S/C24H30N2O3/c1-24(2,3)19-10-8-17(9-11-19)23(28)26-14-12-20(13-15-26)25-22(27)18-6-5-7-21(16-18)29-4/h5-11,16,20H,12-15H2,1-4H3,(H,25,27). The van der Waals surface area contributed by atoms with Crippen molar-refractivity contribution in [3.05, 3.63) is 65.2 Å². The van der Waals surface area contributed by atoms with E-state index in [-0.39, 0.29) is 23.3 Å². The lowest BCUT2D eigenvalue weighted by Gasteiger charge is -2.32. The van der Waals surface area contributed by atoms with Crippen LogP contribution in [0.2, 0.25) is 0 Å². The molecule has 0 aliphatic carbocycles. The molecule has 0 aromatic heterocycles. The molecule has 1 fully saturated rings. The average molecular weight is 395 g/mol. The molecule has 5 nitrogen and oxygen atoms in total. The van der Waals surface area contributed by atoms with Crippen LogP contribution in [-0.4, -0.2) is 43.0 Å². The van der Waals surface area contributed by atoms with Crippen molar-refractivity contribution in [1.29, 1.82) is 0 Å². The Morgan fingerprint density at radius 2 is 1.66 bits per heavy atom. The number of carbonyl (C=O) groups is 2. The molecule has 1 aliphatic rings. The zero-order valence-corrected chi connectivity index (χ0v) is 17.7. The van der Waals surface area contributed by atoms with Crippen LogP contribution in [0.4, 0.5) is 0 Å². The molecule has 0 saturated carbocycles. The van der Waals surface area contributed by atoms with Gasteiger partial charge in [-0.1, -0.05) is 39.0 Å². The first kappa shape index (κ1) is 20.9. The second kappa shape index (κ2) is 8.68. The minimum Gasteiger partial charge on any atom is -0.497 e. The molecular weight excluding hydrogens is 364 g/mol. The largest absolute Gasteiger partial charge is 0.497 e. The predicted molar refractivity (Wildman–Crippen MR) is 115 cm³/mol. The molecule has 2 aromatic rings. The molecule has 1 heterocycles. The molecule has 0 radical (unpaired) electrons. The summed E-state index contributed by atoms with van der Waals surface area (Å²) in [4.78, 5) is 27.2. The first-order chi connectivity index (χ1) is 13.8. The number of ether oxygens (including phenoxy) is 1. The fourth-order valence-electron chi connectivity index (χ4n) is 3.56. The molecule has 1 N–H and O–H groups in total. The van der Waals surface area contributed by atoms with E-state index in [1.54, 1.807) is 25.3 Å². The second-order valence-corrected chi connectivity index (χ2v) is 8.60. The van der Waals surface area contributed by atoms with Crippen LogP contribution in [0.5, 0.6) is 5.75 Å². The van der Waals surface area contributed by atoms with Gasteiger partial charge in [0.25, 0.3) is 11.8 Å². The molecule has 29 heavy (non-hydrogen) atoms. The van der Waals surface area contributed by atoms with Crippen LogP contribution in [0.15, 0.2) is 48.5 Å². The minimum absolute atomic E-state index is 0.0584. The summed E-state index contributed by atoms with van der Waals surface area (Å²) in [5.74, 6) is 0.616. The normalized spacial score (nSPS) is 15.1. The Morgan fingerprint density at radius 3 is 2.24 bits per heavy atom. The van der Waals surface area contributed by atoms with Crippen molar-refractivity contribution in [2.45, 2.75) is 45.1 Å². The van der Waals surface area contributed by atoms with Gasteiger partial charge in [0.1, 0.15) is 5.75 Å². The number of hydrogen-bond acceptors (Lipinski definition) is 3. The number of nitrogens with one attached hydrogen (secondary N) is 1. The van der Waals surface area contributed by atoms with E-state index in [1.807, 2.05) is 35.2 Å². The summed E-state index contributed by atoms with van der Waals surface area (Å²) in [7, 11) is 1.58. The maximum atomic E-state index is 12.8. The van der Waals surface area contributed by atoms with E-state index in [0.717, 1.165) is 18.4 Å². The molecule has 0 atom stereocenters. The van der Waals surface area contributed by atoms with E-state index in [0.29, 0.717) is 24.4 Å². The molecule has 3 rings (SSSR count). The number of nitrogens with zero attached hydrogens (tertiary/aromatic N) is 1. The van der Waals surface area contributed by atoms with Crippen molar-refractivity contribution in [3.63, 3.8) is 0 Å². The molecule has 1 saturated heterocycles. The average Bonchev–Trinajstić information content (AvgIpc) is 2.73. The number of methoxy groups -OCH3 is 1. The quantitative estimate of drug-likeness (QED) is 0.852. The summed E-state index contributed by atoms with van der Waals surface area (Å²) in [6, 6.07) is 15.1. The Morgan fingerprint density at radius 1 is 1.00 bits per heavy atom. The Kier molecular flexibility index (Phi) is 6.26. The van der Waals surface area contributed by atoms with E-state index in [4.69, 9.17) is 4.74 Å². The second-order valence-electron chi connectivity index (χ2n) is 8.60. The molecule has 0 bridgehead atoms. The van der Waals surface area contributed by atoms with Crippen LogP contribution in [0, 0.1) is 0 Å². The lowest BCUT2D eigenvalue weighted by Crippen LogP contribution is -2.46. The molecule has 1 aliphatic heterocycles. The first-order valence-electron chi connectivity index (χ1n) is 10.1. The Hall–Kier alpha value is -2.82. The van der Waals surface area contributed by atoms with Gasteiger partial charge >= 0.3 is 0 Å². The zero-order chi connectivity index (χ0) is 21.0. The van der Waals surface area contributed by atoms with Crippen molar-refractivity contribution in [1.82, 2.24) is 10.2 Å². The van der Waals surface area contributed by atoms with Crippen molar-refractivity contribution in [2.75, 3.05) is 20.2 Å². The third-order valence-corrected chi connectivity index (χ3v) is 5.45. The van der Waals surface area contributed by atoms with Crippen molar-refractivity contribution >= 4 is 11.8 Å². The summed E-state index contributed by atoms with van der Waals surface area (Å²) in [6.45, 7) is 7.77. The first-order valence-corrected chi connectivity index (χ1v) is 10.1. The highest BCUT2D eigenvalue weighted by Gasteiger charge is 2.25. The number of rotatable bonds is 4. The number of carbonyl (C=O) groups excluding carboxylic acids is 2. The Labute approximate surface area is 173 Å². The molecule has 5 heteroatoms. The van der Waals surface area contributed by atoms with E-state index < -0.39 is 0 Å². The molecule has 2 amide bonds. The van der Waals surface area contributed by atoms with Crippen molar-refractivity contribution in [2.24, 2.45) is 0 Å². The Bertz CT molecular complexity index is 860. The lowest BCUT2D eigenvalue weighted by molar-refractivity contribution is 0.0698. The molecule has 2 aromatic carbocycles. The van der Waals surface area contributed by atoms with Gasteiger partial charge in [-0.25, -0.2) is 0 Å². The number of hydrogen-bond donors (Lipinski definition) is 1. The maximum Gasteiger partial charge on any atom is 0.253 e. The van der Waals surface area contributed by atoms with Crippen LogP contribution in [0.25, 0.3) is 0 Å². The van der Waals surface area contributed by atoms with Gasteiger partial charge in [-0.2, -0.15) is 0 Å². The topological polar surface area (TPSA) is 58.6 Å². The summed E-state index contributed by atoms with van der Waals surface area (Å²) >= 11 is 0. The van der Waals surface area contributed by atoms with E-state index in [9.17, 15) is 9.59 Å². The highest BCUT2D eigenvalue weighted by Crippen LogP contribution is 2.23. The summed E-state index contributed by atoms with van der Waals surface area (Å²) < 4.78 is 5.18. The smallest absolute Gasteiger partial charge is 0.253 e. The van der Waals surface area contributed by atoms with Gasteiger partial charge in [0.15, 0.2) is 0 Å². The van der Waals surface area contributed by atoms with Crippen LogP contribution >= 0.6 is 0 Å². The fraction of sp³-hybridized carbons (Fsp3) is 0.417. The highest BCUT2D eigenvalue weighted by atomic mass is 16.5. The summed E-state index contributed by atoms with van der Waals surface area (Å²) in [5.41, 5.74) is 2.59. The number of amides is 2. The van der Waals surface area contributed by atoms with Gasteiger partial charge in [-0.3, -0.25) is 9.59 Å². The van der Waals surface area contributed by atoms with Crippen LogP contribution < -0.4 is 10.1 Å². The van der Waals surface area contributed by atoms with Crippen molar-refractivity contribution < 1.29 is 14.3 Å². The van der Waals surface area contributed by atoms with Crippen LogP contribution in [0.3, 0.4) is 0 Å². The minimum atomic E-state index is -0.105. The van der Waals surface area contributed by atoms with E-state index in [2.05, 4.69) is 26.1 Å². The van der Waals surface area contributed by atoms with E-state index in [1.165, 1.54) is 5.56 Å². The van der Waals surface area contributed by atoms with Gasteiger partial charge in [-0.05, 0) is 54.2 Å². The molecule has 154 valence electrons. The predicted octanol–water partition coefficient (Wildman–Crippen LogP) is 4.03. The highest BCUT2D eigenvalue weighted by molar-refractivity contribution is 5.95. The maximum absolute atomic E-state index is 12.8. The summed E-state index contributed by atoms with van der Waals surface area (Å²) in [5, 5.41) is 3.08. The monoisotopic (exact) mass is 394 g/mol. The number of likely N-dealkylation sites (tertiary alicyclic amines) is 1. The van der Waals surface area contributed by atoms with Gasteiger partial charge in [-0.15, -0.1) is 0 Å². The third-order valence-electron chi connectivity index (χ3n) is 5.45. The third kappa shape index (κ3) is 5.17. The van der Waals surface area contributed by atoms with Crippen molar-refractivity contribution in [3.8, 4) is 5.75 Å². The SMILES string of the molecule is COc1cccc(C(=O)NC2CCN(C(=O)c3ccc(C(C)(C)C)cc3)CC2)c1. The number of benzene rings is 2. The van der Waals surface area contributed by atoms with Crippen LogP contribution in [-0.2, 0) is 5.41 Å².